The second kappa shape index (κ2) is 8.09. The quantitative estimate of drug-likeness (QED) is 0.622. The summed E-state index contributed by atoms with van der Waals surface area (Å²) < 4.78 is 0. The minimum Gasteiger partial charge on any atom is -0.391 e. The summed E-state index contributed by atoms with van der Waals surface area (Å²) >= 11 is 0. The smallest absolute Gasteiger partial charge is 0.269 e. The summed E-state index contributed by atoms with van der Waals surface area (Å²) in [6.07, 6.45) is 0.923. The number of nitro groups is 1. The normalized spacial score (nSPS) is 13.7. The number of benzene rings is 1. The molecule has 1 aromatic rings. The average molecular weight is 289 g/mol. The van der Waals surface area contributed by atoms with Gasteiger partial charge >= 0.3 is 0 Å². The van der Waals surface area contributed by atoms with E-state index in [0.29, 0.717) is 12.3 Å². The molecule has 0 aliphatic heterocycles. The number of nitrogens with two attached hydrogens (primary N) is 1. The summed E-state index contributed by atoms with van der Waals surface area (Å²) in [6, 6.07) is 5.52. The van der Waals surface area contributed by atoms with Crippen molar-refractivity contribution in [3.63, 3.8) is 0 Å². The summed E-state index contributed by atoms with van der Waals surface area (Å²) in [4.78, 5) is 10.1. The molecule has 0 amide bonds. The van der Waals surface area contributed by atoms with Crippen LogP contribution in [0.5, 0.6) is 0 Å². The van der Waals surface area contributed by atoms with Gasteiger partial charge in [0.25, 0.3) is 5.69 Å². The highest BCUT2D eigenvalue weighted by atomic mass is 35.5. The Balaban J connectivity index is 0.00000324. The second-order valence-corrected chi connectivity index (χ2v) is 4.91. The minimum absolute atomic E-state index is 0. The third-order valence-corrected chi connectivity index (χ3v) is 2.94. The van der Waals surface area contributed by atoms with Gasteiger partial charge in [0, 0.05) is 12.1 Å². The Hall–Kier alpha value is -1.17. The number of hydrogen-bond donors (Lipinski definition) is 2. The third kappa shape index (κ3) is 5.55. The fourth-order valence-electron chi connectivity index (χ4n) is 1.72. The number of non-ortho nitro benzene ring substituents is 1. The van der Waals surface area contributed by atoms with Crippen LogP contribution in [0.25, 0.3) is 0 Å². The minimum atomic E-state index is -0.617. The zero-order chi connectivity index (χ0) is 13.7. The van der Waals surface area contributed by atoms with Crippen LogP contribution in [0.3, 0.4) is 0 Å². The zero-order valence-electron chi connectivity index (χ0n) is 11.2. The van der Waals surface area contributed by atoms with Crippen LogP contribution < -0.4 is 5.73 Å². The van der Waals surface area contributed by atoms with Gasteiger partial charge in [0.2, 0.25) is 0 Å². The molecular formula is C13H21ClN2O3. The molecule has 108 valence electrons. The average Bonchev–Trinajstić information content (AvgIpc) is 2.35. The van der Waals surface area contributed by atoms with Gasteiger partial charge in [0.05, 0.1) is 17.1 Å². The lowest BCUT2D eigenvalue weighted by Crippen LogP contribution is -2.26. The number of aliphatic hydroxyl groups excluding tert-OH is 1. The highest BCUT2D eigenvalue weighted by Crippen LogP contribution is 2.21. The first kappa shape index (κ1) is 17.8. The number of nitro benzene ring substituents is 1. The fourth-order valence-corrected chi connectivity index (χ4v) is 1.72. The van der Waals surface area contributed by atoms with E-state index in [1.165, 1.54) is 12.1 Å². The lowest BCUT2D eigenvalue weighted by molar-refractivity contribution is -0.384. The molecule has 19 heavy (non-hydrogen) atoms. The number of rotatable bonds is 6. The van der Waals surface area contributed by atoms with Crippen molar-refractivity contribution in [2.75, 3.05) is 0 Å². The van der Waals surface area contributed by atoms with E-state index < -0.39 is 17.1 Å². The van der Waals surface area contributed by atoms with E-state index in [-0.39, 0.29) is 18.1 Å². The number of aliphatic hydroxyl groups is 1. The van der Waals surface area contributed by atoms with E-state index >= 15 is 0 Å². The molecule has 5 nitrogen and oxygen atoms in total. The third-order valence-electron chi connectivity index (χ3n) is 2.94. The Morgan fingerprint density at radius 1 is 1.26 bits per heavy atom. The summed E-state index contributed by atoms with van der Waals surface area (Å²) in [5.41, 5.74) is 6.68. The fraction of sp³-hybridized carbons (Fsp3) is 0.538. The molecule has 0 fully saturated rings. The van der Waals surface area contributed by atoms with Gasteiger partial charge in [-0.1, -0.05) is 26.0 Å². The van der Waals surface area contributed by atoms with Crippen LogP contribution in [-0.4, -0.2) is 16.1 Å². The first-order valence-electron chi connectivity index (χ1n) is 6.09. The van der Waals surface area contributed by atoms with E-state index in [0.717, 1.165) is 12.0 Å². The van der Waals surface area contributed by atoms with Gasteiger partial charge in [-0.05, 0) is 24.3 Å². The Labute approximate surface area is 119 Å². The molecule has 0 aromatic heterocycles. The van der Waals surface area contributed by atoms with E-state index in [9.17, 15) is 15.2 Å². The second-order valence-electron chi connectivity index (χ2n) is 4.91. The van der Waals surface area contributed by atoms with E-state index in [4.69, 9.17) is 5.73 Å². The van der Waals surface area contributed by atoms with Crippen molar-refractivity contribution in [3.05, 3.63) is 39.9 Å². The van der Waals surface area contributed by atoms with Crippen LogP contribution in [0.15, 0.2) is 24.3 Å². The Kier molecular flexibility index (Phi) is 7.59. The van der Waals surface area contributed by atoms with Crippen molar-refractivity contribution in [1.82, 2.24) is 0 Å². The maximum atomic E-state index is 10.5. The maximum absolute atomic E-state index is 10.5. The van der Waals surface area contributed by atoms with Gasteiger partial charge in [-0.25, -0.2) is 0 Å². The van der Waals surface area contributed by atoms with Crippen LogP contribution in [0, 0.1) is 16.0 Å². The number of nitrogens with zero attached hydrogens (tertiary/aromatic N) is 1. The first-order valence-corrected chi connectivity index (χ1v) is 6.09. The molecule has 6 heteroatoms. The molecule has 1 rings (SSSR count). The molecule has 0 saturated carbocycles. The van der Waals surface area contributed by atoms with Crippen LogP contribution in [0.1, 0.15) is 38.3 Å². The summed E-state index contributed by atoms with van der Waals surface area (Å²) in [5.74, 6) is 0.517. The summed E-state index contributed by atoms with van der Waals surface area (Å²) in [6.45, 7) is 4.17. The maximum Gasteiger partial charge on any atom is 0.269 e. The SMILES string of the molecule is CC(C)CC[C@@H](O)[C@@H](N)c1ccc([N+](=O)[O-])cc1.Cl. The molecule has 1 aromatic carbocycles. The van der Waals surface area contributed by atoms with E-state index in [2.05, 4.69) is 13.8 Å². The Morgan fingerprint density at radius 3 is 2.21 bits per heavy atom. The lowest BCUT2D eigenvalue weighted by Gasteiger charge is -2.19. The van der Waals surface area contributed by atoms with E-state index in [1.807, 2.05) is 0 Å². The molecule has 0 aliphatic rings. The van der Waals surface area contributed by atoms with Crippen LogP contribution in [0.4, 0.5) is 5.69 Å². The van der Waals surface area contributed by atoms with Gasteiger partial charge in [0.1, 0.15) is 0 Å². The summed E-state index contributed by atoms with van der Waals surface area (Å²) in [7, 11) is 0. The van der Waals surface area contributed by atoms with Gasteiger partial charge < -0.3 is 10.8 Å². The van der Waals surface area contributed by atoms with Crippen molar-refractivity contribution in [3.8, 4) is 0 Å². The highest BCUT2D eigenvalue weighted by Gasteiger charge is 2.17. The van der Waals surface area contributed by atoms with Gasteiger partial charge in [0.15, 0.2) is 0 Å². The van der Waals surface area contributed by atoms with Crippen LogP contribution in [-0.2, 0) is 0 Å². The Bertz CT molecular complexity index is 395. The van der Waals surface area contributed by atoms with Crippen molar-refractivity contribution >= 4 is 18.1 Å². The lowest BCUT2D eigenvalue weighted by atomic mass is 9.96. The molecule has 3 N–H and O–H groups in total. The van der Waals surface area contributed by atoms with E-state index in [1.54, 1.807) is 12.1 Å². The molecule has 0 saturated heterocycles. The molecule has 0 aliphatic carbocycles. The largest absolute Gasteiger partial charge is 0.391 e. The molecular weight excluding hydrogens is 268 g/mol. The topological polar surface area (TPSA) is 89.4 Å². The molecule has 0 bridgehead atoms. The zero-order valence-corrected chi connectivity index (χ0v) is 12.0. The molecule has 0 spiro atoms. The van der Waals surface area contributed by atoms with Crippen molar-refractivity contribution in [2.24, 2.45) is 11.7 Å². The van der Waals surface area contributed by atoms with Gasteiger partial charge in [-0.3, -0.25) is 10.1 Å². The van der Waals surface area contributed by atoms with Gasteiger partial charge in [-0.15, -0.1) is 12.4 Å². The standard InChI is InChI=1S/C13H20N2O3.ClH/c1-9(2)3-8-12(16)13(14)10-4-6-11(7-5-10)15(17)18;/h4-7,9,12-13,16H,3,8,14H2,1-2H3;1H/t12-,13+;/m1./s1. The predicted octanol–water partition coefficient (Wildman–Crippen LogP) is 2.81. The molecule has 0 unspecified atom stereocenters. The van der Waals surface area contributed by atoms with Crippen LogP contribution >= 0.6 is 12.4 Å². The highest BCUT2D eigenvalue weighted by molar-refractivity contribution is 5.85. The number of halogens is 1. The first-order chi connectivity index (χ1) is 8.41. The van der Waals surface area contributed by atoms with Crippen molar-refractivity contribution < 1.29 is 10.0 Å². The predicted molar refractivity (Wildman–Crippen MR) is 77.4 cm³/mol. The number of hydrogen-bond acceptors (Lipinski definition) is 4. The monoisotopic (exact) mass is 288 g/mol. The van der Waals surface area contributed by atoms with Crippen molar-refractivity contribution in [2.45, 2.75) is 38.8 Å². The van der Waals surface area contributed by atoms with Crippen LogP contribution in [0.2, 0.25) is 0 Å². The molecule has 0 heterocycles. The van der Waals surface area contributed by atoms with Gasteiger partial charge in [-0.2, -0.15) is 0 Å². The molecule has 0 radical (unpaired) electrons. The van der Waals surface area contributed by atoms with Crippen molar-refractivity contribution in [1.29, 1.82) is 0 Å². The summed E-state index contributed by atoms with van der Waals surface area (Å²) in [5, 5.41) is 20.5. The Morgan fingerprint density at radius 2 is 1.79 bits per heavy atom. The molecule has 2 atom stereocenters.